The van der Waals surface area contributed by atoms with Gasteiger partial charge in [-0.25, -0.2) is 0 Å². The van der Waals surface area contributed by atoms with Crippen molar-refractivity contribution in [2.45, 2.75) is 26.4 Å². The lowest BCUT2D eigenvalue weighted by Gasteiger charge is -2.37. The minimum Gasteiger partial charge on any atom is -0.497 e. The lowest BCUT2D eigenvalue weighted by Crippen LogP contribution is -2.52. The van der Waals surface area contributed by atoms with Crippen LogP contribution in [0.25, 0.3) is 0 Å². The number of nitrogens with zero attached hydrogens (tertiary/aromatic N) is 2. The van der Waals surface area contributed by atoms with E-state index in [4.69, 9.17) is 9.47 Å². The van der Waals surface area contributed by atoms with Crippen molar-refractivity contribution in [2.24, 2.45) is 0 Å². The molecule has 6 nitrogen and oxygen atoms in total. The van der Waals surface area contributed by atoms with Crippen molar-refractivity contribution in [3.63, 3.8) is 0 Å². The molecular weight excluding hydrogens is 366 g/mol. The van der Waals surface area contributed by atoms with Crippen molar-refractivity contribution in [2.75, 3.05) is 45.7 Å². The predicted octanol–water partition coefficient (Wildman–Crippen LogP) is 3.16. The van der Waals surface area contributed by atoms with Crippen molar-refractivity contribution in [1.29, 1.82) is 0 Å². The molecule has 0 saturated carbocycles. The van der Waals surface area contributed by atoms with E-state index in [1.54, 1.807) is 14.2 Å². The number of carbonyl (C=O) groups excluding carboxylic acids is 1. The number of carbonyl (C=O) groups is 1. The highest BCUT2D eigenvalue weighted by atomic mass is 16.5. The molecule has 1 aliphatic heterocycles. The van der Waals surface area contributed by atoms with Gasteiger partial charge in [-0.15, -0.1) is 0 Å². The highest BCUT2D eigenvalue weighted by molar-refractivity contribution is 5.94. The molecule has 1 amide bonds. The lowest BCUT2D eigenvalue weighted by molar-refractivity contribution is -0.121. The molecule has 0 aliphatic carbocycles. The number of hydrogen-bond acceptors (Lipinski definition) is 5. The summed E-state index contributed by atoms with van der Waals surface area (Å²) in [5.74, 6) is 1.75. The summed E-state index contributed by atoms with van der Waals surface area (Å²) in [7, 11) is 3.37. The van der Waals surface area contributed by atoms with Gasteiger partial charge in [0.05, 0.1) is 20.3 Å². The second-order valence-electron chi connectivity index (χ2n) is 7.52. The van der Waals surface area contributed by atoms with E-state index in [1.165, 1.54) is 0 Å². The lowest BCUT2D eigenvalue weighted by atomic mass is 10.1. The van der Waals surface area contributed by atoms with Crippen LogP contribution in [-0.4, -0.2) is 62.1 Å². The average molecular weight is 398 g/mol. The summed E-state index contributed by atoms with van der Waals surface area (Å²) in [6.45, 7) is 8.33. The molecule has 29 heavy (non-hydrogen) atoms. The van der Waals surface area contributed by atoms with Crippen molar-refractivity contribution in [3.8, 4) is 11.5 Å². The Morgan fingerprint density at radius 2 is 1.83 bits per heavy atom. The van der Waals surface area contributed by atoms with Gasteiger partial charge in [0.2, 0.25) is 5.91 Å². The van der Waals surface area contributed by atoms with Crippen molar-refractivity contribution in [3.05, 3.63) is 53.6 Å². The fourth-order valence-electron chi connectivity index (χ4n) is 3.69. The molecule has 0 spiro atoms. The van der Waals surface area contributed by atoms with E-state index >= 15 is 0 Å². The number of nitrogens with one attached hydrogen (secondary N) is 1. The molecule has 0 radical (unpaired) electrons. The standard InChI is InChI=1S/C23H31N3O3/c1-17-6-5-7-20(14-17)24-23(27)18(2)26-12-10-25(11-13-26)16-19-15-21(28-3)8-9-22(19)29-4/h5-9,14-15,18H,10-13,16H2,1-4H3,(H,24,27). The number of methoxy groups -OCH3 is 2. The Hall–Kier alpha value is -2.57. The summed E-state index contributed by atoms with van der Waals surface area (Å²) in [5, 5.41) is 3.03. The Kier molecular flexibility index (Phi) is 7.12. The first-order valence-corrected chi connectivity index (χ1v) is 10.0. The Labute approximate surface area is 173 Å². The van der Waals surface area contributed by atoms with E-state index in [0.29, 0.717) is 0 Å². The molecule has 156 valence electrons. The molecule has 1 N–H and O–H groups in total. The van der Waals surface area contributed by atoms with Gasteiger partial charge in [-0.3, -0.25) is 14.6 Å². The zero-order valence-electron chi connectivity index (χ0n) is 17.8. The number of rotatable bonds is 7. The van der Waals surface area contributed by atoms with Gasteiger partial charge in [-0.05, 0) is 49.7 Å². The van der Waals surface area contributed by atoms with Crippen LogP contribution in [0.4, 0.5) is 5.69 Å². The minimum absolute atomic E-state index is 0.0403. The number of ether oxygens (including phenoxy) is 2. The predicted molar refractivity (Wildman–Crippen MR) is 116 cm³/mol. The Bertz CT molecular complexity index is 832. The second-order valence-corrected chi connectivity index (χ2v) is 7.52. The summed E-state index contributed by atoms with van der Waals surface area (Å²) in [6, 6.07) is 13.6. The second kappa shape index (κ2) is 9.76. The fourth-order valence-corrected chi connectivity index (χ4v) is 3.69. The summed E-state index contributed by atoms with van der Waals surface area (Å²) in [4.78, 5) is 17.3. The highest BCUT2D eigenvalue weighted by Crippen LogP contribution is 2.25. The SMILES string of the molecule is COc1ccc(OC)c(CN2CCN(C(C)C(=O)Nc3cccc(C)c3)CC2)c1. The Morgan fingerprint density at radius 3 is 2.48 bits per heavy atom. The molecule has 1 atom stereocenters. The molecule has 0 bridgehead atoms. The van der Waals surface area contributed by atoms with E-state index in [2.05, 4.69) is 15.1 Å². The Balaban J connectivity index is 1.54. The molecular formula is C23H31N3O3. The van der Waals surface area contributed by atoms with E-state index in [9.17, 15) is 4.79 Å². The van der Waals surface area contributed by atoms with Crippen LogP contribution in [-0.2, 0) is 11.3 Å². The summed E-state index contributed by atoms with van der Waals surface area (Å²) in [6.07, 6.45) is 0. The fraction of sp³-hybridized carbons (Fsp3) is 0.435. The van der Waals surface area contributed by atoms with Gasteiger partial charge < -0.3 is 14.8 Å². The van der Waals surface area contributed by atoms with Crippen molar-refractivity contribution < 1.29 is 14.3 Å². The number of benzene rings is 2. The third-order valence-corrected chi connectivity index (χ3v) is 5.50. The van der Waals surface area contributed by atoms with E-state index in [-0.39, 0.29) is 11.9 Å². The third-order valence-electron chi connectivity index (χ3n) is 5.50. The zero-order valence-corrected chi connectivity index (χ0v) is 17.8. The van der Waals surface area contributed by atoms with Gasteiger partial charge >= 0.3 is 0 Å². The third kappa shape index (κ3) is 5.49. The van der Waals surface area contributed by atoms with Gasteiger partial charge in [0.25, 0.3) is 0 Å². The van der Waals surface area contributed by atoms with Crippen LogP contribution in [0, 0.1) is 6.92 Å². The van der Waals surface area contributed by atoms with Gasteiger partial charge in [0.1, 0.15) is 11.5 Å². The molecule has 1 aliphatic rings. The average Bonchev–Trinajstić information content (AvgIpc) is 2.73. The van der Waals surface area contributed by atoms with Crippen molar-refractivity contribution >= 4 is 11.6 Å². The summed E-state index contributed by atoms with van der Waals surface area (Å²) < 4.78 is 10.8. The molecule has 1 unspecified atom stereocenters. The maximum Gasteiger partial charge on any atom is 0.241 e. The number of anilines is 1. The summed E-state index contributed by atoms with van der Waals surface area (Å²) in [5.41, 5.74) is 3.10. The topological polar surface area (TPSA) is 54.0 Å². The number of piperazine rings is 1. The Morgan fingerprint density at radius 1 is 1.07 bits per heavy atom. The van der Waals surface area contributed by atoms with Gasteiger partial charge in [0, 0.05) is 44.0 Å². The zero-order chi connectivity index (χ0) is 20.8. The van der Waals surface area contributed by atoms with Crippen LogP contribution in [0.5, 0.6) is 11.5 Å². The van der Waals surface area contributed by atoms with E-state index in [1.807, 2.05) is 56.3 Å². The number of hydrogen-bond donors (Lipinski definition) is 1. The number of aryl methyl sites for hydroxylation is 1. The first-order chi connectivity index (χ1) is 14.0. The van der Waals surface area contributed by atoms with Crippen LogP contribution in [0.3, 0.4) is 0 Å². The normalized spacial score (nSPS) is 16.3. The summed E-state index contributed by atoms with van der Waals surface area (Å²) >= 11 is 0. The first kappa shape index (κ1) is 21.1. The molecule has 1 fully saturated rings. The van der Waals surface area contributed by atoms with Crippen LogP contribution >= 0.6 is 0 Å². The molecule has 1 heterocycles. The molecule has 6 heteroatoms. The van der Waals surface area contributed by atoms with E-state index < -0.39 is 0 Å². The smallest absolute Gasteiger partial charge is 0.241 e. The largest absolute Gasteiger partial charge is 0.497 e. The molecule has 0 aromatic heterocycles. The molecule has 2 aromatic carbocycles. The maximum atomic E-state index is 12.7. The van der Waals surface area contributed by atoms with Gasteiger partial charge in [-0.1, -0.05) is 12.1 Å². The van der Waals surface area contributed by atoms with Gasteiger partial charge in [0.15, 0.2) is 0 Å². The van der Waals surface area contributed by atoms with Crippen LogP contribution in [0.2, 0.25) is 0 Å². The minimum atomic E-state index is -0.163. The van der Waals surface area contributed by atoms with E-state index in [0.717, 1.165) is 61.0 Å². The van der Waals surface area contributed by atoms with Crippen LogP contribution in [0.15, 0.2) is 42.5 Å². The monoisotopic (exact) mass is 397 g/mol. The van der Waals surface area contributed by atoms with Crippen LogP contribution in [0.1, 0.15) is 18.1 Å². The molecule has 1 saturated heterocycles. The first-order valence-electron chi connectivity index (χ1n) is 10.0. The van der Waals surface area contributed by atoms with Crippen LogP contribution < -0.4 is 14.8 Å². The van der Waals surface area contributed by atoms with Crippen molar-refractivity contribution in [1.82, 2.24) is 9.80 Å². The quantitative estimate of drug-likeness (QED) is 0.778. The number of amides is 1. The maximum absolute atomic E-state index is 12.7. The highest BCUT2D eigenvalue weighted by Gasteiger charge is 2.26. The molecule has 2 aromatic rings. The van der Waals surface area contributed by atoms with Gasteiger partial charge in [-0.2, -0.15) is 0 Å². The molecule has 3 rings (SSSR count).